The van der Waals surface area contributed by atoms with Gasteiger partial charge in [-0.3, -0.25) is 4.79 Å². The minimum absolute atomic E-state index is 0.0823. The summed E-state index contributed by atoms with van der Waals surface area (Å²) in [4.78, 5) is 10.9. The number of hydrogen-bond donors (Lipinski definition) is 1. The molecule has 17 heavy (non-hydrogen) atoms. The first-order valence-electron chi connectivity index (χ1n) is 6.38. The van der Waals surface area contributed by atoms with Gasteiger partial charge in [0.25, 0.3) is 0 Å². The van der Waals surface area contributed by atoms with Crippen LogP contribution in [-0.4, -0.2) is 30.5 Å². The van der Waals surface area contributed by atoms with Crippen LogP contribution in [0.15, 0.2) is 0 Å². The van der Waals surface area contributed by atoms with Gasteiger partial charge in [-0.25, -0.2) is 8.42 Å². The Morgan fingerprint density at radius 3 is 2.47 bits per heavy atom. The van der Waals surface area contributed by atoms with E-state index in [1.807, 2.05) is 0 Å². The van der Waals surface area contributed by atoms with Crippen LogP contribution in [0.1, 0.15) is 39.0 Å². The zero-order chi connectivity index (χ0) is 12.6. The van der Waals surface area contributed by atoms with E-state index in [0.717, 1.165) is 19.3 Å². The van der Waals surface area contributed by atoms with Crippen LogP contribution in [0.3, 0.4) is 0 Å². The van der Waals surface area contributed by atoms with Crippen LogP contribution in [0.25, 0.3) is 0 Å². The highest BCUT2D eigenvalue weighted by atomic mass is 32.2. The average molecular weight is 260 g/mol. The van der Waals surface area contributed by atoms with Gasteiger partial charge >= 0.3 is 5.97 Å². The number of carboxylic acid groups (broad SMARTS) is 1. The first kappa shape index (κ1) is 12.9. The van der Waals surface area contributed by atoms with Gasteiger partial charge in [-0.05, 0) is 43.4 Å². The van der Waals surface area contributed by atoms with Gasteiger partial charge in [-0.2, -0.15) is 0 Å². The van der Waals surface area contributed by atoms with E-state index in [4.69, 9.17) is 5.11 Å². The second-order valence-electron chi connectivity index (χ2n) is 5.50. The standard InChI is InChI=1S/C12H20O4S/c1-2-11(12(13)14)17(15,16)7-10-6-8-3-4-9(10)5-8/h8-11H,2-7H2,1H3,(H,13,14). The molecule has 2 rings (SSSR count). The summed E-state index contributed by atoms with van der Waals surface area (Å²) in [5.41, 5.74) is 0. The molecule has 2 saturated carbocycles. The molecule has 2 aliphatic carbocycles. The smallest absolute Gasteiger partial charge is 0.321 e. The Kier molecular flexibility index (Phi) is 3.48. The summed E-state index contributed by atoms with van der Waals surface area (Å²) >= 11 is 0. The first-order valence-corrected chi connectivity index (χ1v) is 8.10. The van der Waals surface area contributed by atoms with Crippen molar-refractivity contribution in [1.29, 1.82) is 0 Å². The minimum Gasteiger partial charge on any atom is -0.480 e. The summed E-state index contributed by atoms with van der Waals surface area (Å²) in [6.07, 6.45) is 4.68. The summed E-state index contributed by atoms with van der Waals surface area (Å²) in [5.74, 6) is 0.327. The molecule has 0 aromatic rings. The largest absolute Gasteiger partial charge is 0.480 e. The van der Waals surface area contributed by atoms with Gasteiger partial charge in [0.05, 0.1) is 5.75 Å². The van der Waals surface area contributed by atoms with Crippen molar-refractivity contribution in [3.63, 3.8) is 0 Å². The van der Waals surface area contributed by atoms with E-state index in [9.17, 15) is 13.2 Å². The molecule has 5 heteroatoms. The van der Waals surface area contributed by atoms with Crippen molar-refractivity contribution in [2.24, 2.45) is 17.8 Å². The molecule has 0 amide bonds. The number of aliphatic carboxylic acids is 1. The predicted octanol–water partition coefficient (Wildman–Crippen LogP) is 1.70. The number of sulfone groups is 1. The first-order chi connectivity index (χ1) is 7.94. The fourth-order valence-corrected chi connectivity index (χ4v) is 5.63. The molecule has 2 fully saturated rings. The lowest BCUT2D eigenvalue weighted by Gasteiger charge is -2.22. The van der Waals surface area contributed by atoms with Gasteiger partial charge in [0.1, 0.15) is 0 Å². The van der Waals surface area contributed by atoms with E-state index < -0.39 is 21.1 Å². The van der Waals surface area contributed by atoms with E-state index in [2.05, 4.69) is 0 Å². The van der Waals surface area contributed by atoms with Crippen LogP contribution in [0, 0.1) is 17.8 Å². The van der Waals surface area contributed by atoms with Gasteiger partial charge in [0.15, 0.2) is 15.1 Å². The van der Waals surface area contributed by atoms with E-state index >= 15 is 0 Å². The monoisotopic (exact) mass is 260 g/mol. The summed E-state index contributed by atoms with van der Waals surface area (Å²) in [6.45, 7) is 1.62. The third kappa shape index (κ3) is 2.49. The van der Waals surface area contributed by atoms with E-state index in [1.165, 1.54) is 6.42 Å². The highest BCUT2D eigenvalue weighted by molar-refractivity contribution is 7.92. The summed E-state index contributed by atoms with van der Waals surface area (Å²) < 4.78 is 24.1. The quantitative estimate of drug-likeness (QED) is 0.816. The molecule has 0 radical (unpaired) electrons. The van der Waals surface area contributed by atoms with Gasteiger partial charge in [0, 0.05) is 0 Å². The number of carbonyl (C=O) groups is 1. The highest BCUT2D eigenvalue weighted by Crippen LogP contribution is 2.48. The molecule has 4 unspecified atom stereocenters. The van der Waals surface area contributed by atoms with Crippen LogP contribution in [0.4, 0.5) is 0 Å². The maximum Gasteiger partial charge on any atom is 0.321 e. The summed E-state index contributed by atoms with van der Waals surface area (Å²) in [6, 6.07) is 0. The molecule has 4 nitrogen and oxygen atoms in total. The fraction of sp³-hybridized carbons (Fsp3) is 0.917. The third-order valence-electron chi connectivity index (χ3n) is 4.41. The van der Waals surface area contributed by atoms with E-state index in [1.54, 1.807) is 6.92 Å². The number of fused-ring (bicyclic) bond motifs is 2. The van der Waals surface area contributed by atoms with Crippen LogP contribution >= 0.6 is 0 Å². The van der Waals surface area contributed by atoms with Gasteiger partial charge in [-0.1, -0.05) is 13.3 Å². The second-order valence-corrected chi connectivity index (χ2v) is 7.73. The van der Waals surface area contributed by atoms with Crippen molar-refractivity contribution in [3.8, 4) is 0 Å². The van der Waals surface area contributed by atoms with Crippen molar-refractivity contribution < 1.29 is 18.3 Å². The van der Waals surface area contributed by atoms with Gasteiger partial charge in [-0.15, -0.1) is 0 Å². The normalized spacial score (nSPS) is 33.8. The molecule has 98 valence electrons. The zero-order valence-corrected chi connectivity index (χ0v) is 10.9. The zero-order valence-electron chi connectivity index (χ0n) is 10.1. The van der Waals surface area contributed by atoms with E-state index in [-0.39, 0.29) is 18.1 Å². The van der Waals surface area contributed by atoms with Crippen molar-refractivity contribution in [3.05, 3.63) is 0 Å². The minimum atomic E-state index is -3.48. The Hall–Kier alpha value is -0.580. The molecular formula is C12H20O4S. The molecule has 4 atom stereocenters. The Morgan fingerprint density at radius 2 is 2.06 bits per heavy atom. The maximum absolute atomic E-state index is 12.1. The van der Waals surface area contributed by atoms with Crippen molar-refractivity contribution >= 4 is 15.8 Å². The Balaban J connectivity index is 2.04. The molecular weight excluding hydrogens is 240 g/mol. The molecule has 2 bridgehead atoms. The number of carboxylic acids is 1. The second kappa shape index (κ2) is 4.59. The molecule has 0 aromatic heterocycles. The lowest BCUT2D eigenvalue weighted by atomic mass is 9.90. The van der Waals surface area contributed by atoms with Gasteiger partial charge < -0.3 is 5.11 Å². The molecule has 0 spiro atoms. The number of hydrogen-bond acceptors (Lipinski definition) is 3. The Labute approximate surface area is 102 Å². The van der Waals surface area contributed by atoms with Crippen LogP contribution < -0.4 is 0 Å². The summed E-state index contributed by atoms with van der Waals surface area (Å²) in [7, 11) is -3.48. The molecule has 0 heterocycles. The van der Waals surface area contributed by atoms with Crippen molar-refractivity contribution in [2.45, 2.75) is 44.3 Å². The molecule has 1 N–H and O–H groups in total. The number of rotatable bonds is 5. The van der Waals surface area contributed by atoms with Gasteiger partial charge in [0.2, 0.25) is 0 Å². The van der Waals surface area contributed by atoms with Crippen LogP contribution in [0.2, 0.25) is 0 Å². The average Bonchev–Trinajstić information content (AvgIpc) is 2.77. The third-order valence-corrected chi connectivity index (χ3v) is 6.71. The Bertz CT molecular complexity index is 401. The molecule has 2 aliphatic rings. The maximum atomic E-state index is 12.1. The molecule has 0 saturated heterocycles. The Morgan fingerprint density at radius 1 is 1.35 bits per heavy atom. The SMILES string of the molecule is CCC(C(=O)O)S(=O)(=O)CC1CC2CCC1C2. The predicted molar refractivity (Wildman–Crippen MR) is 64.4 cm³/mol. The molecule has 0 aromatic carbocycles. The lowest BCUT2D eigenvalue weighted by molar-refractivity contribution is -0.136. The fourth-order valence-electron chi connectivity index (χ4n) is 3.58. The topological polar surface area (TPSA) is 71.4 Å². The summed E-state index contributed by atoms with van der Waals surface area (Å²) in [5, 5.41) is 7.73. The lowest BCUT2D eigenvalue weighted by Crippen LogP contribution is -2.34. The van der Waals surface area contributed by atoms with Crippen LogP contribution in [-0.2, 0) is 14.6 Å². The van der Waals surface area contributed by atoms with Crippen molar-refractivity contribution in [1.82, 2.24) is 0 Å². The molecule has 0 aliphatic heterocycles. The highest BCUT2D eigenvalue weighted by Gasteiger charge is 2.43. The van der Waals surface area contributed by atoms with E-state index in [0.29, 0.717) is 11.8 Å². The van der Waals surface area contributed by atoms with Crippen LogP contribution in [0.5, 0.6) is 0 Å². The van der Waals surface area contributed by atoms with Crippen molar-refractivity contribution in [2.75, 3.05) is 5.75 Å².